The first-order valence-corrected chi connectivity index (χ1v) is 3.90. The third-order valence-corrected chi connectivity index (χ3v) is 2.13. The molecule has 1 rings (SSSR count). The lowest BCUT2D eigenvalue weighted by Crippen LogP contribution is -1.84. The van der Waals surface area contributed by atoms with Crippen LogP contribution in [0.5, 0.6) is 11.5 Å². The molecular weight excluding hydrogens is 259 g/mol. The van der Waals surface area contributed by atoms with Gasteiger partial charge in [0.2, 0.25) is 0 Å². The van der Waals surface area contributed by atoms with E-state index in [-0.39, 0.29) is 17.1 Å². The molecule has 3 nitrogen and oxygen atoms in total. The molecule has 0 aliphatic heterocycles. The van der Waals surface area contributed by atoms with Crippen LogP contribution in [0, 0.1) is 3.57 Å². The fraction of sp³-hybridized carbons (Fsp3) is 0. The van der Waals surface area contributed by atoms with Crippen molar-refractivity contribution < 1.29 is 15.0 Å². The fourth-order valence-corrected chi connectivity index (χ4v) is 1.16. The smallest absolute Gasteiger partial charge is 0.157 e. The van der Waals surface area contributed by atoms with Crippen LogP contribution in [-0.4, -0.2) is 16.5 Å². The molecule has 1 aromatic rings. The number of aromatic hydroxyl groups is 2. The quantitative estimate of drug-likeness (QED) is 0.597. The highest BCUT2D eigenvalue weighted by molar-refractivity contribution is 14.1. The number of phenolic OH excluding ortho intramolecular Hbond substituents is 2. The lowest BCUT2D eigenvalue weighted by molar-refractivity contribution is 0.111. The molecule has 0 heterocycles. The summed E-state index contributed by atoms with van der Waals surface area (Å²) < 4.78 is 0.544. The summed E-state index contributed by atoms with van der Waals surface area (Å²) in [5, 5.41) is 18.2. The molecule has 0 fully saturated rings. The van der Waals surface area contributed by atoms with Gasteiger partial charge in [-0.1, -0.05) is 0 Å². The first-order chi connectivity index (χ1) is 5.16. The molecule has 0 aromatic heterocycles. The maximum Gasteiger partial charge on any atom is 0.157 e. The van der Waals surface area contributed by atoms with Gasteiger partial charge in [-0.05, 0) is 34.7 Å². The van der Waals surface area contributed by atoms with E-state index in [9.17, 15) is 9.90 Å². The number of aldehydes is 1. The van der Waals surface area contributed by atoms with Crippen molar-refractivity contribution in [3.63, 3.8) is 0 Å². The van der Waals surface area contributed by atoms with Crippen molar-refractivity contribution >= 4 is 28.9 Å². The van der Waals surface area contributed by atoms with Gasteiger partial charge in [0.05, 0.1) is 9.13 Å². The van der Waals surface area contributed by atoms with Crippen LogP contribution >= 0.6 is 22.6 Å². The van der Waals surface area contributed by atoms with E-state index in [2.05, 4.69) is 0 Å². The van der Waals surface area contributed by atoms with Crippen LogP contribution in [0.15, 0.2) is 12.1 Å². The zero-order valence-electron chi connectivity index (χ0n) is 5.41. The summed E-state index contributed by atoms with van der Waals surface area (Å²) in [6.45, 7) is 0. The maximum absolute atomic E-state index is 10.3. The molecule has 1 aromatic carbocycles. The summed E-state index contributed by atoms with van der Waals surface area (Å²) in [7, 11) is 0. The van der Waals surface area contributed by atoms with Crippen molar-refractivity contribution in [2.75, 3.05) is 0 Å². The van der Waals surface area contributed by atoms with Gasteiger partial charge in [0.25, 0.3) is 0 Å². The fourth-order valence-electron chi connectivity index (χ4n) is 0.687. The number of hydrogen-bond acceptors (Lipinski definition) is 3. The van der Waals surface area contributed by atoms with Crippen molar-refractivity contribution in [1.82, 2.24) is 0 Å². The van der Waals surface area contributed by atoms with Gasteiger partial charge in [0, 0.05) is 0 Å². The summed E-state index contributed by atoms with van der Waals surface area (Å²) in [5.74, 6) is -0.362. The largest absolute Gasteiger partial charge is 0.507 e. The number of rotatable bonds is 1. The average molecular weight is 264 g/mol. The summed E-state index contributed by atoms with van der Waals surface area (Å²) in [5.41, 5.74) is -0.0584. The molecule has 0 saturated heterocycles. The minimum atomic E-state index is -0.196. The minimum Gasteiger partial charge on any atom is -0.507 e. The highest BCUT2D eigenvalue weighted by atomic mass is 127. The molecule has 0 saturated carbocycles. The second-order valence-electron chi connectivity index (χ2n) is 1.95. The van der Waals surface area contributed by atoms with E-state index in [1.165, 1.54) is 12.1 Å². The molecule has 0 atom stereocenters. The van der Waals surface area contributed by atoms with Crippen LogP contribution in [0.4, 0.5) is 0 Å². The van der Waals surface area contributed by atoms with Crippen molar-refractivity contribution in [3.05, 3.63) is 21.3 Å². The topological polar surface area (TPSA) is 57.5 Å². The first-order valence-electron chi connectivity index (χ1n) is 2.82. The third kappa shape index (κ3) is 1.45. The second-order valence-corrected chi connectivity index (χ2v) is 3.11. The Morgan fingerprint density at radius 1 is 1.36 bits per heavy atom. The number of hydrogen-bond donors (Lipinski definition) is 2. The Bertz CT molecular complexity index is 296. The molecule has 0 aliphatic carbocycles. The van der Waals surface area contributed by atoms with Crippen molar-refractivity contribution in [3.8, 4) is 11.5 Å². The van der Waals surface area contributed by atoms with E-state index < -0.39 is 0 Å². The lowest BCUT2D eigenvalue weighted by atomic mass is 10.2. The molecule has 0 unspecified atom stereocenters. The Kier molecular flexibility index (Phi) is 2.33. The molecule has 0 amide bonds. The average Bonchev–Trinajstić information content (AvgIpc) is 1.99. The van der Waals surface area contributed by atoms with Gasteiger partial charge in [-0.3, -0.25) is 4.79 Å². The Morgan fingerprint density at radius 2 is 2.00 bits per heavy atom. The zero-order chi connectivity index (χ0) is 8.43. The standard InChI is InChI=1S/C7H5IO3/c8-5-1-2-6(10)4(3-9)7(5)11/h1-3,10-11H. The van der Waals surface area contributed by atoms with Gasteiger partial charge < -0.3 is 10.2 Å². The molecule has 58 valence electrons. The summed E-state index contributed by atoms with van der Waals surface area (Å²) in [6, 6.07) is 2.89. The van der Waals surface area contributed by atoms with Crippen LogP contribution < -0.4 is 0 Å². The lowest BCUT2D eigenvalue weighted by Gasteiger charge is -2.01. The molecule has 0 radical (unpaired) electrons. The van der Waals surface area contributed by atoms with Gasteiger partial charge >= 0.3 is 0 Å². The van der Waals surface area contributed by atoms with Crippen molar-refractivity contribution in [2.45, 2.75) is 0 Å². The van der Waals surface area contributed by atoms with Gasteiger partial charge in [-0.2, -0.15) is 0 Å². The highest BCUT2D eigenvalue weighted by Gasteiger charge is 2.08. The van der Waals surface area contributed by atoms with E-state index in [0.717, 1.165) is 0 Å². The first kappa shape index (κ1) is 8.32. The molecule has 0 spiro atoms. The monoisotopic (exact) mass is 264 g/mol. The molecule has 2 N–H and O–H groups in total. The Labute approximate surface area is 76.8 Å². The van der Waals surface area contributed by atoms with Crippen LogP contribution in [0.2, 0.25) is 0 Å². The summed E-state index contributed by atoms with van der Waals surface area (Å²) in [4.78, 5) is 10.3. The number of halogens is 1. The number of benzene rings is 1. The van der Waals surface area contributed by atoms with E-state index in [1.54, 1.807) is 0 Å². The van der Waals surface area contributed by atoms with E-state index >= 15 is 0 Å². The maximum atomic E-state index is 10.3. The van der Waals surface area contributed by atoms with E-state index in [4.69, 9.17) is 5.11 Å². The zero-order valence-corrected chi connectivity index (χ0v) is 7.57. The summed E-state index contributed by atoms with van der Waals surface area (Å²) in [6.07, 6.45) is 0.423. The Morgan fingerprint density at radius 3 is 2.45 bits per heavy atom. The minimum absolute atomic E-state index is 0.0584. The van der Waals surface area contributed by atoms with Gasteiger partial charge in [0.1, 0.15) is 11.5 Å². The van der Waals surface area contributed by atoms with Gasteiger partial charge in [-0.25, -0.2) is 0 Å². The Hall–Kier alpha value is -0.780. The molecule has 11 heavy (non-hydrogen) atoms. The highest BCUT2D eigenvalue weighted by Crippen LogP contribution is 2.29. The SMILES string of the molecule is O=Cc1c(O)ccc(I)c1O. The van der Waals surface area contributed by atoms with E-state index in [1.807, 2.05) is 22.6 Å². The molecule has 0 bridgehead atoms. The number of carbonyl (C=O) groups is 1. The predicted octanol–water partition coefficient (Wildman–Crippen LogP) is 1.51. The normalized spacial score (nSPS) is 9.55. The Balaban J connectivity index is 3.40. The predicted molar refractivity (Wildman–Crippen MR) is 47.9 cm³/mol. The van der Waals surface area contributed by atoms with Gasteiger partial charge in [0.15, 0.2) is 6.29 Å². The number of carbonyl (C=O) groups excluding carboxylic acids is 1. The van der Waals surface area contributed by atoms with Crippen LogP contribution in [0.1, 0.15) is 10.4 Å². The van der Waals surface area contributed by atoms with Crippen LogP contribution in [0.3, 0.4) is 0 Å². The van der Waals surface area contributed by atoms with Crippen LogP contribution in [0.25, 0.3) is 0 Å². The summed E-state index contributed by atoms with van der Waals surface area (Å²) >= 11 is 1.87. The number of phenols is 2. The van der Waals surface area contributed by atoms with Crippen molar-refractivity contribution in [2.24, 2.45) is 0 Å². The van der Waals surface area contributed by atoms with E-state index in [0.29, 0.717) is 9.86 Å². The molecule has 4 heteroatoms. The van der Waals surface area contributed by atoms with Gasteiger partial charge in [-0.15, -0.1) is 0 Å². The molecular formula is C7H5IO3. The second kappa shape index (κ2) is 3.08. The van der Waals surface area contributed by atoms with Crippen LogP contribution in [-0.2, 0) is 0 Å². The third-order valence-electron chi connectivity index (χ3n) is 1.26. The van der Waals surface area contributed by atoms with Crippen molar-refractivity contribution in [1.29, 1.82) is 0 Å². The molecule has 0 aliphatic rings.